The van der Waals surface area contributed by atoms with Gasteiger partial charge in [0.1, 0.15) is 17.3 Å². The normalized spacial score (nSPS) is 18.9. The van der Waals surface area contributed by atoms with Crippen LogP contribution >= 0.6 is 0 Å². The smallest absolute Gasteiger partial charge is 0.300 e. The molecule has 1 atom stereocenters. The average Bonchev–Trinajstić information content (AvgIpc) is 3.55. The fourth-order valence-corrected chi connectivity index (χ4v) is 5.62. The van der Waals surface area contributed by atoms with Gasteiger partial charge >= 0.3 is 0 Å². The number of carbonyl (C=O) groups excluding carboxylic acids is 2. The average molecular weight is 529 g/mol. The van der Waals surface area contributed by atoms with E-state index >= 15 is 4.39 Å². The van der Waals surface area contributed by atoms with Gasteiger partial charge in [-0.05, 0) is 79.3 Å². The second-order valence-electron chi connectivity index (χ2n) is 10.5. The van der Waals surface area contributed by atoms with Crippen LogP contribution in [0.2, 0.25) is 0 Å². The third-order valence-electron chi connectivity index (χ3n) is 7.70. The number of rotatable bonds is 6. The highest BCUT2D eigenvalue weighted by atomic mass is 19.1. The first-order valence-corrected chi connectivity index (χ1v) is 13.3. The Balaban J connectivity index is 1.68. The van der Waals surface area contributed by atoms with Crippen molar-refractivity contribution in [2.24, 2.45) is 0 Å². The van der Waals surface area contributed by atoms with Crippen LogP contribution in [0, 0.1) is 12.7 Å². The van der Waals surface area contributed by atoms with E-state index in [2.05, 4.69) is 4.90 Å². The standard InChI is InChI=1S/C32H33FN2O4/c1-19(2)24-18-25(20(3)17-27(24)39-4)30(36)28-29(23-9-5-6-10-26(23)33)35(32(38)31(28)37)22-13-11-21(12-14-22)34-15-7-8-16-34/h5-6,9-14,17-19,29,36H,7-8,15-16H2,1-4H3/b30-28+. The van der Waals surface area contributed by atoms with E-state index in [-0.39, 0.29) is 22.8 Å². The summed E-state index contributed by atoms with van der Waals surface area (Å²) < 4.78 is 20.8. The Kier molecular flexibility index (Phi) is 7.17. The van der Waals surface area contributed by atoms with Gasteiger partial charge in [0.05, 0.1) is 18.7 Å². The summed E-state index contributed by atoms with van der Waals surface area (Å²) in [7, 11) is 1.58. The molecular weight excluding hydrogens is 495 g/mol. The minimum Gasteiger partial charge on any atom is -0.507 e. The molecule has 2 fully saturated rings. The van der Waals surface area contributed by atoms with Crippen LogP contribution in [0.15, 0.2) is 66.2 Å². The third-order valence-corrected chi connectivity index (χ3v) is 7.70. The number of hydrogen-bond donors (Lipinski definition) is 1. The zero-order chi connectivity index (χ0) is 27.8. The molecule has 2 aliphatic heterocycles. The molecule has 0 aliphatic carbocycles. The fraction of sp³-hybridized carbons (Fsp3) is 0.312. The molecule has 6 nitrogen and oxygen atoms in total. The summed E-state index contributed by atoms with van der Waals surface area (Å²) in [5.41, 5.74) is 3.41. The van der Waals surface area contributed by atoms with Crippen LogP contribution in [-0.2, 0) is 9.59 Å². The van der Waals surface area contributed by atoms with Crippen LogP contribution in [0.5, 0.6) is 5.75 Å². The molecule has 3 aromatic carbocycles. The molecule has 2 heterocycles. The van der Waals surface area contributed by atoms with Crippen LogP contribution < -0.4 is 14.5 Å². The zero-order valence-corrected chi connectivity index (χ0v) is 22.7. The number of anilines is 2. The molecule has 1 amide bonds. The highest BCUT2D eigenvalue weighted by Gasteiger charge is 2.48. The van der Waals surface area contributed by atoms with Crippen molar-refractivity contribution in [3.8, 4) is 5.75 Å². The summed E-state index contributed by atoms with van der Waals surface area (Å²) in [6.45, 7) is 7.74. The molecular formula is C32H33FN2O4. The number of methoxy groups -OCH3 is 1. The number of Topliss-reactive ketones (excluding diaryl/α,β-unsaturated/α-hetero) is 1. The number of benzene rings is 3. The molecule has 0 spiro atoms. The fourth-order valence-electron chi connectivity index (χ4n) is 5.62. The van der Waals surface area contributed by atoms with Crippen molar-refractivity contribution < 1.29 is 23.8 Å². The number of hydrogen-bond acceptors (Lipinski definition) is 5. The molecule has 5 rings (SSSR count). The molecule has 1 N–H and O–H groups in total. The van der Waals surface area contributed by atoms with Gasteiger partial charge in [-0.25, -0.2) is 4.39 Å². The van der Waals surface area contributed by atoms with E-state index in [4.69, 9.17) is 4.74 Å². The van der Waals surface area contributed by atoms with Crippen molar-refractivity contribution in [3.05, 3.63) is 94.3 Å². The van der Waals surface area contributed by atoms with Gasteiger partial charge in [-0.2, -0.15) is 0 Å². The van der Waals surface area contributed by atoms with Gasteiger partial charge in [-0.15, -0.1) is 0 Å². The van der Waals surface area contributed by atoms with E-state index in [0.717, 1.165) is 37.2 Å². The minimum absolute atomic E-state index is 0.0750. The number of nitrogens with zero attached hydrogens (tertiary/aromatic N) is 2. The lowest BCUT2D eigenvalue weighted by Gasteiger charge is -2.27. The maximum absolute atomic E-state index is 15.3. The number of aliphatic hydroxyl groups excluding tert-OH is 1. The number of carbonyl (C=O) groups is 2. The molecule has 0 saturated carbocycles. The maximum Gasteiger partial charge on any atom is 0.300 e. The summed E-state index contributed by atoms with van der Waals surface area (Å²) in [6, 6.07) is 15.9. The van der Waals surface area contributed by atoms with E-state index in [1.165, 1.54) is 11.0 Å². The third kappa shape index (κ3) is 4.67. The summed E-state index contributed by atoms with van der Waals surface area (Å²) >= 11 is 0. The predicted molar refractivity (Wildman–Crippen MR) is 151 cm³/mol. The molecule has 2 saturated heterocycles. The molecule has 39 heavy (non-hydrogen) atoms. The number of ether oxygens (including phenoxy) is 1. The number of amides is 1. The summed E-state index contributed by atoms with van der Waals surface area (Å²) in [5.74, 6) is -1.82. The highest BCUT2D eigenvalue weighted by Crippen LogP contribution is 2.44. The molecule has 7 heteroatoms. The molecule has 2 aliphatic rings. The summed E-state index contributed by atoms with van der Waals surface area (Å²) in [5, 5.41) is 11.6. The van der Waals surface area contributed by atoms with Gasteiger partial charge in [-0.3, -0.25) is 14.5 Å². The van der Waals surface area contributed by atoms with Crippen LogP contribution in [0.4, 0.5) is 15.8 Å². The number of ketones is 1. The van der Waals surface area contributed by atoms with Gasteiger partial charge in [0.25, 0.3) is 11.7 Å². The Morgan fingerprint density at radius 3 is 2.26 bits per heavy atom. The molecule has 3 aromatic rings. The van der Waals surface area contributed by atoms with Crippen LogP contribution in [0.25, 0.3) is 5.76 Å². The molecule has 202 valence electrons. The van der Waals surface area contributed by atoms with Crippen LogP contribution in [0.1, 0.15) is 60.9 Å². The first-order valence-electron chi connectivity index (χ1n) is 13.3. The first-order chi connectivity index (χ1) is 18.7. The SMILES string of the molecule is COc1cc(C)c(/C(O)=C2\C(=O)C(=O)N(c3ccc(N4CCCC4)cc3)C2c2ccccc2F)cc1C(C)C. The van der Waals surface area contributed by atoms with E-state index < -0.39 is 23.5 Å². The van der Waals surface area contributed by atoms with Crippen molar-refractivity contribution in [2.45, 2.75) is 45.6 Å². The van der Waals surface area contributed by atoms with Gasteiger partial charge in [0.15, 0.2) is 0 Å². The monoisotopic (exact) mass is 528 g/mol. The summed E-state index contributed by atoms with van der Waals surface area (Å²) in [6.07, 6.45) is 2.26. The number of aliphatic hydroxyl groups is 1. The van der Waals surface area contributed by atoms with Crippen molar-refractivity contribution in [3.63, 3.8) is 0 Å². The van der Waals surface area contributed by atoms with Crippen molar-refractivity contribution in [1.29, 1.82) is 0 Å². The van der Waals surface area contributed by atoms with E-state index in [1.54, 1.807) is 56.5 Å². The van der Waals surface area contributed by atoms with Crippen LogP contribution in [0.3, 0.4) is 0 Å². The van der Waals surface area contributed by atoms with E-state index in [1.807, 2.05) is 26.0 Å². The number of halogens is 1. The Morgan fingerprint density at radius 1 is 1.00 bits per heavy atom. The largest absolute Gasteiger partial charge is 0.507 e. The van der Waals surface area contributed by atoms with Gasteiger partial charge in [0, 0.05) is 35.6 Å². The van der Waals surface area contributed by atoms with Crippen molar-refractivity contribution in [1.82, 2.24) is 0 Å². The van der Waals surface area contributed by atoms with Crippen molar-refractivity contribution in [2.75, 3.05) is 30.0 Å². The van der Waals surface area contributed by atoms with Gasteiger partial charge < -0.3 is 14.7 Å². The lowest BCUT2D eigenvalue weighted by Crippen LogP contribution is -2.30. The predicted octanol–water partition coefficient (Wildman–Crippen LogP) is 6.49. The maximum atomic E-state index is 15.3. The Bertz CT molecular complexity index is 1460. The Morgan fingerprint density at radius 2 is 1.64 bits per heavy atom. The Labute approximate surface area is 228 Å². The molecule has 1 unspecified atom stereocenters. The second kappa shape index (κ2) is 10.6. The van der Waals surface area contributed by atoms with Gasteiger partial charge in [-0.1, -0.05) is 32.0 Å². The highest BCUT2D eigenvalue weighted by molar-refractivity contribution is 6.51. The minimum atomic E-state index is -1.13. The lowest BCUT2D eigenvalue weighted by molar-refractivity contribution is -0.132. The number of aryl methyl sites for hydroxylation is 1. The quantitative estimate of drug-likeness (QED) is 0.225. The van der Waals surface area contributed by atoms with Gasteiger partial charge in [0.2, 0.25) is 0 Å². The zero-order valence-electron chi connectivity index (χ0n) is 22.7. The molecule has 0 aromatic heterocycles. The summed E-state index contributed by atoms with van der Waals surface area (Å²) in [4.78, 5) is 30.7. The molecule has 0 radical (unpaired) electrons. The van der Waals surface area contributed by atoms with E-state index in [9.17, 15) is 14.7 Å². The lowest BCUT2D eigenvalue weighted by atomic mass is 9.91. The van der Waals surface area contributed by atoms with Crippen LogP contribution in [-0.4, -0.2) is 37.0 Å². The van der Waals surface area contributed by atoms with Crippen molar-refractivity contribution >= 4 is 28.8 Å². The topological polar surface area (TPSA) is 70.1 Å². The Hall–Kier alpha value is -4.13. The second-order valence-corrected chi connectivity index (χ2v) is 10.5. The molecule has 0 bridgehead atoms. The van der Waals surface area contributed by atoms with E-state index in [0.29, 0.717) is 22.6 Å². The first kappa shape index (κ1) is 26.5.